The van der Waals surface area contributed by atoms with Gasteiger partial charge >= 0.3 is 0 Å². The number of rotatable bonds is 3. The number of terminal acetylenes is 1. The van der Waals surface area contributed by atoms with Crippen molar-refractivity contribution in [3.8, 4) is 12.3 Å². The molecule has 1 heterocycles. The van der Waals surface area contributed by atoms with Gasteiger partial charge in [0.15, 0.2) is 0 Å². The van der Waals surface area contributed by atoms with E-state index in [1.807, 2.05) is 0 Å². The van der Waals surface area contributed by atoms with Crippen molar-refractivity contribution in [1.82, 2.24) is 10.4 Å². The summed E-state index contributed by atoms with van der Waals surface area (Å²) in [6.07, 6.45) is 7.07. The van der Waals surface area contributed by atoms with Gasteiger partial charge in [-0.3, -0.25) is 14.9 Å². The van der Waals surface area contributed by atoms with E-state index in [2.05, 4.69) is 11.2 Å². The molecule has 0 aliphatic carbocycles. The van der Waals surface area contributed by atoms with Gasteiger partial charge in [-0.25, -0.2) is 5.06 Å². The van der Waals surface area contributed by atoms with E-state index in [9.17, 15) is 4.79 Å². The normalized spacial score (nSPS) is 16.7. The number of nitrogens with zero attached hydrogens (tertiary/aromatic N) is 1. The van der Waals surface area contributed by atoms with Gasteiger partial charge in [0.05, 0.1) is 19.7 Å². The fraction of sp³-hybridized carbons (Fsp3) is 0.667. The van der Waals surface area contributed by atoms with E-state index in [1.54, 1.807) is 0 Å². The van der Waals surface area contributed by atoms with E-state index < -0.39 is 0 Å². The third-order valence-electron chi connectivity index (χ3n) is 1.78. The van der Waals surface area contributed by atoms with Gasteiger partial charge < -0.3 is 0 Å². The second-order valence-electron chi connectivity index (χ2n) is 2.84. The number of carbonyl (C=O) groups excluding carboxylic acids is 1. The topological polar surface area (TPSA) is 41.6 Å². The lowest BCUT2D eigenvalue weighted by Crippen LogP contribution is -2.41. The molecule has 1 amide bonds. The molecule has 0 radical (unpaired) electrons. The molecule has 0 aromatic rings. The minimum absolute atomic E-state index is 0.0463. The first-order valence-corrected chi connectivity index (χ1v) is 4.42. The molecule has 1 fully saturated rings. The van der Waals surface area contributed by atoms with E-state index >= 15 is 0 Å². The number of hydrogen-bond acceptors (Lipinski definition) is 3. The summed E-state index contributed by atoms with van der Waals surface area (Å²) in [7, 11) is 0. The Balaban J connectivity index is 2.18. The Morgan fingerprint density at radius 1 is 1.62 bits per heavy atom. The maximum absolute atomic E-state index is 11.3. The number of nitrogens with one attached hydrogen (secondary N) is 1. The fourth-order valence-electron chi connectivity index (χ4n) is 1.12. The minimum atomic E-state index is -0.0463. The summed E-state index contributed by atoms with van der Waals surface area (Å²) in [6.45, 7) is 2.00. The van der Waals surface area contributed by atoms with Crippen LogP contribution in [0.25, 0.3) is 0 Å². The molecule has 72 valence electrons. The fourth-order valence-corrected chi connectivity index (χ4v) is 1.12. The van der Waals surface area contributed by atoms with E-state index in [-0.39, 0.29) is 12.5 Å². The molecule has 1 rings (SSSR count). The van der Waals surface area contributed by atoms with E-state index in [0.29, 0.717) is 19.7 Å². The van der Waals surface area contributed by atoms with Crippen molar-refractivity contribution >= 4 is 5.91 Å². The molecule has 0 aromatic carbocycles. The molecule has 1 N–H and O–H groups in total. The molecule has 0 unspecified atom stereocenters. The average molecular weight is 182 g/mol. The van der Waals surface area contributed by atoms with Crippen LogP contribution < -0.4 is 5.32 Å². The third kappa shape index (κ3) is 3.45. The summed E-state index contributed by atoms with van der Waals surface area (Å²) < 4.78 is 0. The van der Waals surface area contributed by atoms with Gasteiger partial charge in [0.2, 0.25) is 0 Å². The van der Waals surface area contributed by atoms with Crippen LogP contribution >= 0.6 is 0 Å². The monoisotopic (exact) mass is 182 g/mol. The van der Waals surface area contributed by atoms with Gasteiger partial charge in [0, 0.05) is 6.54 Å². The van der Waals surface area contributed by atoms with Crippen LogP contribution in [0.2, 0.25) is 0 Å². The zero-order chi connectivity index (χ0) is 9.52. The Morgan fingerprint density at radius 2 is 2.46 bits per heavy atom. The summed E-state index contributed by atoms with van der Waals surface area (Å²) in [5, 5.41) is 4.23. The SMILES string of the molecule is C#CCNCC(=O)N1CCCCO1. The van der Waals surface area contributed by atoms with Crippen molar-refractivity contribution in [2.75, 3.05) is 26.2 Å². The molecule has 1 aliphatic heterocycles. The average Bonchev–Trinajstić information content (AvgIpc) is 2.19. The van der Waals surface area contributed by atoms with Gasteiger partial charge in [0.25, 0.3) is 5.91 Å². The van der Waals surface area contributed by atoms with Gasteiger partial charge in [-0.1, -0.05) is 5.92 Å². The molecule has 0 atom stereocenters. The summed E-state index contributed by atoms with van der Waals surface area (Å²) in [6, 6.07) is 0. The van der Waals surface area contributed by atoms with Crippen molar-refractivity contribution in [3.63, 3.8) is 0 Å². The van der Waals surface area contributed by atoms with Crippen LogP contribution in [-0.4, -0.2) is 37.2 Å². The summed E-state index contributed by atoms with van der Waals surface area (Å²) >= 11 is 0. The van der Waals surface area contributed by atoms with Crippen molar-refractivity contribution in [1.29, 1.82) is 0 Å². The lowest BCUT2D eigenvalue weighted by atomic mass is 10.3. The van der Waals surface area contributed by atoms with Crippen LogP contribution in [0.15, 0.2) is 0 Å². The standard InChI is InChI=1S/C9H14N2O2/c1-2-5-10-8-9(12)11-6-3-4-7-13-11/h1,10H,3-8H2. The smallest absolute Gasteiger partial charge is 0.260 e. The van der Waals surface area contributed by atoms with E-state index in [4.69, 9.17) is 11.3 Å². The molecule has 13 heavy (non-hydrogen) atoms. The molecule has 1 saturated heterocycles. The van der Waals surface area contributed by atoms with Crippen LogP contribution in [0.4, 0.5) is 0 Å². The quantitative estimate of drug-likeness (QED) is 0.484. The molecule has 4 heteroatoms. The molecular formula is C9H14N2O2. The summed E-state index contributed by atoms with van der Waals surface area (Å²) in [5.41, 5.74) is 0. The zero-order valence-corrected chi connectivity index (χ0v) is 7.58. The number of amides is 1. The molecular weight excluding hydrogens is 168 g/mol. The first-order valence-electron chi connectivity index (χ1n) is 4.42. The Morgan fingerprint density at radius 3 is 3.08 bits per heavy atom. The van der Waals surface area contributed by atoms with Crippen molar-refractivity contribution < 1.29 is 9.63 Å². The van der Waals surface area contributed by atoms with Crippen LogP contribution in [-0.2, 0) is 9.63 Å². The number of hydroxylamine groups is 2. The number of carbonyl (C=O) groups is 1. The predicted octanol–water partition coefficient (Wildman–Crippen LogP) is -0.237. The van der Waals surface area contributed by atoms with Crippen LogP contribution in [0, 0.1) is 12.3 Å². The van der Waals surface area contributed by atoms with Crippen LogP contribution in [0.3, 0.4) is 0 Å². The second kappa shape index (κ2) is 5.57. The predicted molar refractivity (Wildman–Crippen MR) is 48.6 cm³/mol. The van der Waals surface area contributed by atoms with E-state index in [0.717, 1.165) is 12.8 Å². The highest BCUT2D eigenvalue weighted by Gasteiger charge is 2.16. The van der Waals surface area contributed by atoms with Gasteiger partial charge in [-0.2, -0.15) is 0 Å². The highest BCUT2D eigenvalue weighted by molar-refractivity contribution is 5.77. The van der Waals surface area contributed by atoms with Crippen molar-refractivity contribution in [2.24, 2.45) is 0 Å². The third-order valence-corrected chi connectivity index (χ3v) is 1.78. The largest absolute Gasteiger partial charge is 0.298 e. The summed E-state index contributed by atoms with van der Waals surface area (Å²) in [5.74, 6) is 2.36. The molecule has 0 saturated carbocycles. The highest BCUT2D eigenvalue weighted by Crippen LogP contribution is 2.04. The Labute approximate surface area is 78.2 Å². The Kier molecular flexibility index (Phi) is 4.30. The minimum Gasteiger partial charge on any atom is -0.298 e. The summed E-state index contributed by atoms with van der Waals surface area (Å²) in [4.78, 5) is 16.5. The molecule has 1 aliphatic rings. The molecule has 0 aromatic heterocycles. The molecule has 4 nitrogen and oxygen atoms in total. The van der Waals surface area contributed by atoms with Crippen LogP contribution in [0.1, 0.15) is 12.8 Å². The zero-order valence-electron chi connectivity index (χ0n) is 7.58. The second-order valence-corrected chi connectivity index (χ2v) is 2.84. The number of hydrogen-bond donors (Lipinski definition) is 1. The Bertz CT molecular complexity index is 204. The molecule has 0 bridgehead atoms. The van der Waals surface area contributed by atoms with Crippen LogP contribution in [0.5, 0.6) is 0 Å². The molecule has 0 spiro atoms. The lowest BCUT2D eigenvalue weighted by Gasteiger charge is -2.25. The lowest BCUT2D eigenvalue weighted by molar-refractivity contribution is -0.195. The first-order chi connectivity index (χ1) is 6.34. The highest BCUT2D eigenvalue weighted by atomic mass is 16.7. The maximum atomic E-state index is 11.3. The Hall–Kier alpha value is -1.05. The van der Waals surface area contributed by atoms with Gasteiger partial charge in [-0.05, 0) is 12.8 Å². The van der Waals surface area contributed by atoms with E-state index in [1.165, 1.54) is 5.06 Å². The van der Waals surface area contributed by atoms with Gasteiger partial charge in [0.1, 0.15) is 0 Å². The van der Waals surface area contributed by atoms with Gasteiger partial charge in [-0.15, -0.1) is 6.42 Å². The van der Waals surface area contributed by atoms with Crippen molar-refractivity contribution in [2.45, 2.75) is 12.8 Å². The van der Waals surface area contributed by atoms with Crippen molar-refractivity contribution in [3.05, 3.63) is 0 Å². The maximum Gasteiger partial charge on any atom is 0.260 e. The first kappa shape index (κ1) is 10.0.